The molecule has 0 saturated heterocycles. The summed E-state index contributed by atoms with van der Waals surface area (Å²) in [6.07, 6.45) is 1.83. The SMILES string of the molecule is Cc1cc(F)cc(-c2cnc3n2CCNC3)c1. The first-order valence-electron chi connectivity index (χ1n) is 5.77. The average Bonchev–Trinajstić information content (AvgIpc) is 2.71. The lowest BCUT2D eigenvalue weighted by Crippen LogP contribution is -2.28. The molecule has 2 aromatic rings. The van der Waals surface area contributed by atoms with Crippen LogP contribution >= 0.6 is 0 Å². The fraction of sp³-hybridized carbons (Fsp3) is 0.308. The zero-order chi connectivity index (χ0) is 11.8. The summed E-state index contributed by atoms with van der Waals surface area (Å²) in [5.41, 5.74) is 2.84. The second kappa shape index (κ2) is 3.96. The molecule has 4 heteroatoms. The zero-order valence-corrected chi connectivity index (χ0v) is 9.70. The number of fused-ring (bicyclic) bond motifs is 1. The summed E-state index contributed by atoms with van der Waals surface area (Å²) in [5.74, 6) is 0.831. The molecule has 1 N–H and O–H groups in total. The molecule has 88 valence electrons. The van der Waals surface area contributed by atoms with E-state index in [1.165, 1.54) is 0 Å². The van der Waals surface area contributed by atoms with Gasteiger partial charge in [0.05, 0.1) is 18.4 Å². The maximum absolute atomic E-state index is 13.4. The second-order valence-electron chi connectivity index (χ2n) is 4.41. The van der Waals surface area contributed by atoms with Gasteiger partial charge in [-0.1, -0.05) is 0 Å². The Bertz CT molecular complexity index is 540. The van der Waals surface area contributed by atoms with E-state index in [4.69, 9.17) is 0 Å². The van der Waals surface area contributed by atoms with Crippen molar-refractivity contribution in [3.63, 3.8) is 0 Å². The van der Waals surface area contributed by atoms with Crippen molar-refractivity contribution in [2.75, 3.05) is 6.54 Å². The monoisotopic (exact) mass is 231 g/mol. The lowest BCUT2D eigenvalue weighted by molar-refractivity contribution is 0.508. The van der Waals surface area contributed by atoms with Crippen LogP contribution in [0.1, 0.15) is 11.4 Å². The number of aryl methyl sites for hydroxylation is 1. The summed E-state index contributed by atoms with van der Waals surface area (Å²) < 4.78 is 15.6. The summed E-state index contributed by atoms with van der Waals surface area (Å²) >= 11 is 0. The molecular weight excluding hydrogens is 217 g/mol. The highest BCUT2D eigenvalue weighted by Gasteiger charge is 2.15. The standard InChI is InChI=1S/C13H14FN3/c1-9-4-10(6-11(14)5-9)12-7-16-13-8-15-2-3-17(12)13/h4-7,15H,2-3,8H2,1H3. The van der Waals surface area contributed by atoms with E-state index in [2.05, 4.69) is 14.9 Å². The Kier molecular flexibility index (Phi) is 2.44. The van der Waals surface area contributed by atoms with Crippen molar-refractivity contribution < 1.29 is 4.39 Å². The molecule has 0 amide bonds. The van der Waals surface area contributed by atoms with Gasteiger partial charge in [-0.3, -0.25) is 0 Å². The lowest BCUT2D eigenvalue weighted by Gasteiger charge is -2.17. The fourth-order valence-corrected chi connectivity index (χ4v) is 2.31. The maximum Gasteiger partial charge on any atom is 0.124 e. The second-order valence-corrected chi connectivity index (χ2v) is 4.41. The number of nitrogens with zero attached hydrogens (tertiary/aromatic N) is 2. The summed E-state index contributed by atoms with van der Waals surface area (Å²) in [5, 5.41) is 3.27. The van der Waals surface area contributed by atoms with Crippen molar-refractivity contribution in [1.29, 1.82) is 0 Å². The van der Waals surface area contributed by atoms with Gasteiger partial charge in [0.25, 0.3) is 0 Å². The topological polar surface area (TPSA) is 29.9 Å². The maximum atomic E-state index is 13.4. The van der Waals surface area contributed by atoms with Gasteiger partial charge in [-0.05, 0) is 30.7 Å². The van der Waals surface area contributed by atoms with Crippen molar-refractivity contribution in [3.8, 4) is 11.3 Å². The number of imidazole rings is 1. The van der Waals surface area contributed by atoms with E-state index in [1.54, 1.807) is 12.1 Å². The normalized spacial score (nSPS) is 14.7. The van der Waals surface area contributed by atoms with Crippen molar-refractivity contribution in [1.82, 2.24) is 14.9 Å². The van der Waals surface area contributed by atoms with E-state index in [-0.39, 0.29) is 5.82 Å². The van der Waals surface area contributed by atoms with E-state index >= 15 is 0 Å². The van der Waals surface area contributed by atoms with Crippen molar-refractivity contribution in [2.24, 2.45) is 0 Å². The highest BCUT2D eigenvalue weighted by Crippen LogP contribution is 2.24. The average molecular weight is 231 g/mol. The van der Waals surface area contributed by atoms with Crippen LogP contribution in [0.2, 0.25) is 0 Å². The molecule has 0 aliphatic carbocycles. The number of halogens is 1. The molecule has 1 aliphatic heterocycles. The molecule has 3 rings (SSSR count). The molecule has 0 spiro atoms. The third-order valence-electron chi connectivity index (χ3n) is 3.07. The summed E-state index contributed by atoms with van der Waals surface area (Å²) in [6.45, 7) is 4.51. The van der Waals surface area contributed by atoms with Gasteiger partial charge < -0.3 is 9.88 Å². The number of hydrogen-bond acceptors (Lipinski definition) is 2. The van der Waals surface area contributed by atoms with E-state index in [9.17, 15) is 4.39 Å². The van der Waals surface area contributed by atoms with E-state index in [0.29, 0.717) is 0 Å². The number of aromatic nitrogens is 2. The molecule has 0 unspecified atom stereocenters. The molecule has 0 atom stereocenters. The van der Waals surface area contributed by atoms with E-state index < -0.39 is 0 Å². The Hall–Kier alpha value is -1.68. The predicted molar refractivity (Wildman–Crippen MR) is 64.1 cm³/mol. The Labute approximate surface area is 99.3 Å². The molecule has 1 aliphatic rings. The van der Waals surface area contributed by atoms with Gasteiger partial charge in [-0.15, -0.1) is 0 Å². The summed E-state index contributed by atoms with van der Waals surface area (Å²) in [4.78, 5) is 4.37. The van der Waals surface area contributed by atoms with Gasteiger partial charge in [0.2, 0.25) is 0 Å². The van der Waals surface area contributed by atoms with Crippen LogP contribution in [0.5, 0.6) is 0 Å². The van der Waals surface area contributed by atoms with E-state index in [1.807, 2.05) is 19.2 Å². The van der Waals surface area contributed by atoms with Crippen LogP contribution in [0.25, 0.3) is 11.3 Å². The van der Waals surface area contributed by atoms with Crippen LogP contribution in [0.4, 0.5) is 4.39 Å². The van der Waals surface area contributed by atoms with Gasteiger partial charge in [-0.2, -0.15) is 0 Å². The van der Waals surface area contributed by atoms with Crippen molar-refractivity contribution in [3.05, 3.63) is 41.6 Å². The highest BCUT2D eigenvalue weighted by atomic mass is 19.1. The van der Waals surface area contributed by atoms with Gasteiger partial charge in [-0.25, -0.2) is 9.37 Å². The first kappa shape index (κ1) is 10.5. The van der Waals surface area contributed by atoms with Crippen LogP contribution in [-0.4, -0.2) is 16.1 Å². The zero-order valence-electron chi connectivity index (χ0n) is 9.70. The molecule has 0 saturated carbocycles. The number of hydrogen-bond donors (Lipinski definition) is 1. The number of benzene rings is 1. The fourth-order valence-electron chi connectivity index (χ4n) is 2.31. The predicted octanol–water partition coefficient (Wildman–Crippen LogP) is 2.10. The first-order valence-corrected chi connectivity index (χ1v) is 5.77. The largest absolute Gasteiger partial charge is 0.326 e. The Morgan fingerprint density at radius 1 is 1.35 bits per heavy atom. The molecule has 0 fully saturated rings. The quantitative estimate of drug-likeness (QED) is 0.814. The van der Waals surface area contributed by atoms with Crippen molar-refractivity contribution in [2.45, 2.75) is 20.0 Å². The molecule has 0 radical (unpaired) electrons. The Morgan fingerprint density at radius 2 is 2.24 bits per heavy atom. The van der Waals surface area contributed by atoms with E-state index in [0.717, 1.165) is 42.3 Å². The van der Waals surface area contributed by atoms with Crippen molar-refractivity contribution >= 4 is 0 Å². The Morgan fingerprint density at radius 3 is 3.06 bits per heavy atom. The molecule has 17 heavy (non-hydrogen) atoms. The van der Waals surface area contributed by atoms with Gasteiger partial charge in [0, 0.05) is 18.7 Å². The van der Waals surface area contributed by atoms with Gasteiger partial charge in [0.15, 0.2) is 0 Å². The molecular formula is C13H14FN3. The minimum atomic E-state index is -0.190. The molecule has 2 heterocycles. The lowest BCUT2D eigenvalue weighted by atomic mass is 10.1. The van der Waals surface area contributed by atoms with Gasteiger partial charge in [0.1, 0.15) is 11.6 Å². The highest BCUT2D eigenvalue weighted by molar-refractivity contribution is 5.60. The third kappa shape index (κ3) is 1.85. The number of rotatable bonds is 1. The summed E-state index contributed by atoms with van der Waals surface area (Å²) in [6, 6.07) is 5.10. The van der Waals surface area contributed by atoms with Crippen LogP contribution < -0.4 is 5.32 Å². The molecule has 1 aromatic carbocycles. The minimum absolute atomic E-state index is 0.190. The van der Waals surface area contributed by atoms with Crippen LogP contribution in [0, 0.1) is 12.7 Å². The molecule has 0 bridgehead atoms. The molecule has 3 nitrogen and oxygen atoms in total. The van der Waals surface area contributed by atoms with Gasteiger partial charge >= 0.3 is 0 Å². The minimum Gasteiger partial charge on any atom is -0.326 e. The van der Waals surface area contributed by atoms with Crippen LogP contribution in [-0.2, 0) is 13.1 Å². The Balaban J connectivity index is 2.11. The summed E-state index contributed by atoms with van der Waals surface area (Å²) in [7, 11) is 0. The van der Waals surface area contributed by atoms with Crippen LogP contribution in [0.3, 0.4) is 0 Å². The number of nitrogens with one attached hydrogen (secondary N) is 1. The third-order valence-corrected chi connectivity index (χ3v) is 3.07. The van der Waals surface area contributed by atoms with Crippen LogP contribution in [0.15, 0.2) is 24.4 Å². The smallest absolute Gasteiger partial charge is 0.124 e. The molecule has 1 aromatic heterocycles. The first-order chi connectivity index (χ1) is 8.24.